The molecule has 7 aliphatic rings. The van der Waals surface area contributed by atoms with Gasteiger partial charge < -0.3 is 38.5 Å². The molecule has 18 nitrogen and oxygen atoms in total. The molecule has 5 aromatic rings. The van der Waals surface area contributed by atoms with Gasteiger partial charge in [0.2, 0.25) is 11.8 Å². The van der Waals surface area contributed by atoms with Gasteiger partial charge in [0.15, 0.2) is 12.6 Å². The zero-order chi connectivity index (χ0) is 59.3. The standard InChI is InChI=1S/C64H75F3N10O8/c1-6-47-51(65)12-7-41-30-46(84-38-82-5)31-49(54(41)47)56-55(66)57-50(33-68-56)58(75-36-44-8-9-45(37-75)77(44)62(81)85-63(2,3)4)71-61(70-57)83-28-27-72-25-19-64(67,20-26-72)32-39-15-21-73(22-16-39)34-40-17-23-74(24-18-40)43-10-11-48-42(29-43)35-76(60(48)80)52-13-14-53(78)69-59(52)79/h1,7,10-12,29-31,33,39-40,44-45,52H,8-9,13-28,32,34-38H2,2-5H3,(H,69,78,79). The van der Waals surface area contributed by atoms with Crippen molar-refractivity contribution in [3.63, 3.8) is 0 Å². The molecule has 4 amide bonds. The lowest BCUT2D eigenvalue weighted by atomic mass is 9.80. The number of aromatic nitrogens is 3. The first-order chi connectivity index (χ1) is 40.9. The minimum atomic E-state index is -1.24. The lowest BCUT2D eigenvalue weighted by molar-refractivity contribution is -0.136. The van der Waals surface area contributed by atoms with Crippen molar-refractivity contribution in [3.8, 4) is 35.4 Å². The topological polar surface area (TPSA) is 175 Å². The summed E-state index contributed by atoms with van der Waals surface area (Å²) in [5, 5.41) is 3.49. The predicted molar refractivity (Wildman–Crippen MR) is 314 cm³/mol. The Balaban J connectivity index is 0.660. The Kier molecular flexibility index (Phi) is 16.3. The molecule has 3 unspecified atom stereocenters. The summed E-state index contributed by atoms with van der Waals surface area (Å²) >= 11 is 0. The van der Waals surface area contributed by atoms with Gasteiger partial charge in [-0.2, -0.15) is 9.97 Å². The van der Waals surface area contributed by atoms with E-state index in [1.807, 2.05) is 42.7 Å². The number of nitrogens with one attached hydrogen (secondary N) is 1. The molecule has 12 rings (SSSR count). The molecule has 0 aliphatic carbocycles. The molecule has 2 aromatic heterocycles. The van der Waals surface area contributed by atoms with Crippen molar-refractivity contribution in [2.24, 2.45) is 11.8 Å². The van der Waals surface area contributed by atoms with Crippen LogP contribution in [0.25, 0.3) is 32.9 Å². The first-order valence-electron chi connectivity index (χ1n) is 30.2. The van der Waals surface area contributed by atoms with E-state index in [0.29, 0.717) is 105 Å². The second kappa shape index (κ2) is 23.9. The number of alkyl halides is 1. The van der Waals surface area contributed by atoms with E-state index in [2.05, 4.69) is 42.0 Å². The molecule has 6 fully saturated rings. The number of hydrogen-bond acceptors (Lipinski definition) is 15. The maximum atomic E-state index is 17.6. The number of amides is 4. The van der Waals surface area contributed by atoms with Gasteiger partial charge in [-0.05, 0) is 157 Å². The van der Waals surface area contributed by atoms with Gasteiger partial charge in [-0.15, -0.1) is 6.42 Å². The number of hydrogen-bond donors (Lipinski definition) is 1. The maximum Gasteiger partial charge on any atom is 0.410 e. The fourth-order valence-corrected chi connectivity index (χ4v) is 14.2. The fourth-order valence-electron chi connectivity index (χ4n) is 14.2. The zero-order valence-electron chi connectivity index (χ0n) is 49.0. The lowest BCUT2D eigenvalue weighted by Crippen LogP contribution is -2.57. The Bertz CT molecular complexity index is 3430. The normalized spacial score (nSPS) is 22.5. The molecule has 2 bridgehead atoms. The van der Waals surface area contributed by atoms with Crippen molar-refractivity contribution in [1.29, 1.82) is 0 Å². The van der Waals surface area contributed by atoms with Crippen LogP contribution in [0.15, 0.2) is 48.7 Å². The first kappa shape index (κ1) is 58.1. The third kappa shape index (κ3) is 12.2. The Hall–Kier alpha value is -7.28. The monoisotopic (exact) mass is 1170 g/mol. The Morgan fingerprint density at radius 3 is 2.29 bits per heavy atom. The lowest BCUT2D eigenvalue weighted by Gasteiger charge is -2.42. The number of ether oxygens (including phenoxy) is 4. The third-order valence-electron chi connectivity index (χ3n) is 18.6. The van der Waals surface area contributed by atoms with Crippen LogP contribution in [0.4, 0.5) is 29.5 Å². The van der Waals surface area contributed by atoms with E-state index >= 15 is 13.2 Å². The summed E-state index contributed by atoms with van der Waals surface area (Å²) in [4.78, 5) is 77.9. The molecule has 21 heteroatoms. The van der Waals surface area contributed by atoms with E-state index in [4.69, 9.17) is 30.4 Å². The van der Waals surface area contributed by atoms with Crippen LogP contribution in [-0.2, 0) is 25.6 Å². The Morgan fingerprint density at radius 1 is 0.847 bits per heavy atom. The average Bonchev–Trinajstić information content (AvgIpc) is 1.74. The number of piperidine rings is 4. The van der Waals surface area contributed by atoms with Crippen molar-refractivity contribution >= 4 is 57.0 Å². The summed E-state index contributed by atoms with van der Waals surface area (Å²) in [7, 11) is 1.48. The van der Waals surface area contributed by atoms with Gasteiger partial charge in [-0.25, -0.2) is 18.0 Å². The minimum absolute atomic E-state index is 0.0519. The number of benzene rings is 3. The number of carbonyl (C=O) groups is 4. The largest absolute Gasteiger partial charge is 0.468 e. The quantitative estimate of drug-likeness (QED) is 0.0599. The smallest absolute Gasteiger partial charge is 0.410 e. The van der Waals surface area contributed by atoms with Gasteiger partial charge in [0.05, 0.1) is 23.0 Å². The molecule has 3 atom stereocenters. The fraction of sp³-hybridized carbons (Fsp3) is 0.547. The minimum Gasteiger partial charge on any atom is -0.468 e. The molecule has 9 heterocycles. The highest BCUT2D eigenvalue weighted by molar-refractivity contribution is 6.06. The number of methoxy groups -OCH3 is 1. The van der Waals surface area contributed by atoms with Crippen molar-refractivity contribution in [2.45, 2.75) is 127 Å². The molecule has 0 saturated carbocycles. The van der Waals surface area contributed by atoms with Crippen LogP contribution in [0.1, 0.15) is 113 Å². The molecule has 450 valence electrons. The van der Waals surface area contributed by atoms with E-state index in [1.54, 1.807) is 23.1 Å². The molecule has 0 spiro atoms. The van der Waals surface area contributed by atoms with Gasteiger partial charge >= 0.3 is 12.1 Å². The van der Waals surface area contributed by atoms with E-state index in [0.717, 1.165) is 82.5 Å². The number of terminal acetylenes is 1. The molecule has 85 heavy (non-hydrogen) atoms. The van der Waals surface area contributed by atoms with E-state index in [9.17, 15) is 19.2 Å². The molecule has 6 saturated heterocycles. The highest BCUT2D eigenvalue weighted by Crippen LogP contribution is 2.42. The number of rotatable bonds is 15. The van der Waals surface area contributed by atoms with Crippen LogP contribution in [0.5, 0.6) is 11.8 Å². The van der Waals surface area contributed by atoms with Crippen molar-refractivity contribution < 1.29 is 51.3 Å². The summed E-state index contributed by atoms with van der Waals surface area (Å²) in [6, 6.07) is 11.0. The number of fused-ring (bicyclic) bond motifs is 5. The van der Waals surface area contributed by atoms with Gasteiger partial charge in [-0.1, -0.05) is 12.0 Å². The van der Waals surface area contributed by atoms with Crippen LogP contribution < -0.4 is 24.6 Å². The van der Waals surface area contributed by atoms with E-state index < -0.39 is 34.9 Å². The Morgan fingerprint density at radius 2 is 1.59 bits per heavy atom. The van der Waals surface area contributed by atoms with Crippen LogP contribution in [0.3, 0.4) is 0 Å². The number of likely N-dealkylation sites (tertiary alicyclic amines) is 2. The average molecular weight is 1170 g/mol. The second-order valence-electron chi connectivity index (χ2n) is 25.3. The summed E-state index contributed by atoms with van der Waals surface area (Å²) < 4.78 is 72.7. The van der Waals surface area contributed by atoms with Crippen LogP contribution >= 0.6 is 0 Å². The molecule has 3 aromatic carbocycles. The highest BCUT2D eigenvalue weighted by atomic mass is 19.1. The van der Waals surface area contributed by atoms with Gasteiger partial charge in [0.25, 0.3) is 5.91 Å². The molecule has 1 N–H and O–H groups in total. The van der Waals surface area contributed by atoms with Crippen molar-refractivity contribution in [3.05, 3.63) is 77.0 Å². The Labute approximate surface area is 493 Å². The van der Waals surface area contributed by atoms with Crippen LogP contribution in [0.2, 0.25) is 0 Å². The number of carbonyl (C=O) groups excluding carboxylic acids is 4. The summed E-state index contributed by atoms with van der Waals surface area (Å²) in [5.41, 5.74) is 0.672. The van der Waals surface area contributed by atoms with Crippen LogP contribution in [0, 0.1) is 35.8 Å². The van der Waals surface area contributed by atoms with Gasteiger partial charge in [0, 0.05) is 101 Å². The molecular weight excluding hydrogens is 1090 g/mol. The zero-order valence-corrected chi connectivity index (χ0v) is 49.0. The van der Waals surface area contributed by atoms with E-state index in [1.165, 1.54) is 19.4 Å². The summed E-state index contributed by atoms with van der Waals surface area (Å²) in [6.45, 7) is 13.2. The van der Waals surface area contributed by atoms with Crippen molar-refractivity contribution in [1.82, 2.24) is 39.9 Å². The van der Waals surface area contributed by atoms with Crippen molar-refractivity contribution in [2.75, 3.05) is 95.8 Å². The number of anilines is 2. The molecule has 0 radical (unpaired) electrons. The second-order valence-corrected chi connectivity index (χ2v) is 25.3. The summed E-state index contributed by atoms with van der Waals surface area (Å²) in [6.07, 6.45) is 14.6. The SMILES string of the molecule is C#Cc1c(F)ccc2cc(OCOC)cc(-c3ncc4c(N5CC6CCC(C5)N6C(=O)OC(C)(C)C)nc(OCCN5CCC(F)(CC6CCN(CC7CCN(c8ccc9c(c8)CN(C8CCC(=O)NC8=O)C9=O)CC7)CC6)CC5)nc4c3F)c12. The number of nitrogens with zero attached hydrogens (tertiary/aromatic N) is 9. The molecule has 7 aliphatic heterocycles. The number of piperazine rings is 1. The van der Waals surface area contributed by atoms with Gasteiger partial charge in [-0.3, -0.25) is 34.5 Å². The van der Waals surface area contributed by atoms with Crippen LogP contribution in [-0.4, -0.2) is 174 Å². The summed E-state index contributed by atoms with van der Waals surface area (Å²) in [5.74, 6) is 1.78. The number of imide groups is 1. The molecular formula is C64H75F3N10O8. The van der Waals surface area contributed by atoms with Gasteiger partial charge in [0.1, 0.15) is 52.5 Å². The maximum absolute atomic E-state index is 17.6. The predicted octanol–water partition coefficient (Wildman–Crippen LogP) is 8.64. The first-order valence-corrected chi connectivity index (χ1v) is 30.2. The number of halogens is 3. The van der Waals surface area contributed by atoms with E-state index in [-0.39, 0.29) is 83.5 Å². The number of pyridine rings is 1. The highest BCUT2D eigenvalue weighted by Gasteiger charge is 2.46. The third-order valence-corrected chi connectivity index (χ3v) is 18.6.